The molecule has 1 aliphatic heterocycles. The third kappa shape index (κ3) is 3.74. The summed E-state index contributed by atoms with van der Waals surface area (Å²) in [7, 11) is 0. The Balaban J connectivity index is 1.40. The van der Waals surface area contributed by atoms with Gasteiger partial charge >= 0.3 is 0 Å². The van der Waals surface area contributed by atoms with Gasteiger partial charge in [0.05, 0.1) is 23.3 Å². The lowest BCUT2D eigenvalue weighted by molar-refractivity contribution is 0.0388. The molecule has 0 saturated carbocycles. The number of amides is 1. The quantitative estimate of drug-likeness (QED) is 0.508. The molecule has 3 heterocycles. The zero-order valence-corrected chi connectivity index (χ0v) is 17.3. The van der Waals surface area contributed by atoms with Gasteiger partial charge in [0.15, 0.2) is 0 Å². The van der Waals surface area contributed by atoms with Gasteiger partial charge in [0.25, 0.3) is 5.91 Å². The monoisotopic (exact) mass is 413 g/mol. The Kier molecular flexibility index (Phi) is 5.08. The number of carbonyl (C=O) groups excluding carboxylic acids is 1. The lowest BCUT2D eigenvalue weighted by Gasteiger charge is -2.38. The summed E-state index contributed by atoms with van der Waals surface area (Å²) in [6.45, 7) is 2.62. The summed E-state index contributed by atoms with van der Waals surface area (Å²) in [5, 5.41) is 5.18. The fourth-order valence-electron chi connectivity index (χ4n) is 4.15. The molecule has 1 amide bonds. The molecular formula is C24H23N5O2. The minimum absolute atomic E-state index is 0.0218. The Morgan fingerprint density at radius 2 is 1.97 bits per heavy atom. The Morgan fingerprint density at radius 3 is 2.84 bits per heavy atom. The predicted octanol–water partition coefficient (Wildman–Crippen LogP) is 3.89. The third-order valence-electron chi connectivity index (χ3n) is 5.80. The van der Waals surface area contributed by atoms with Crippen LogP contribution in [0.4, 0.5) is 0 Å². The number of benzene rings is 2. The van der Waals surface area contributed by atoms with E-state index in [1.54, 1.807) is 17.2 Å². The standard InChI is InChI=1S/C24H23N5O2/c1-17-11-12-18(31-23-10-4-8-21-19(23)7-5-13-26-21)14-28(17)24(30)20-6-2-3-9-22(20)29-16-25-15-27-29/h2-10,13,15-18H,11-12,14H2,1H3. The number of pyridine rings is 1. The molecule has 0 bridgehead atoms. The molecule has 156 valence electrons. The highest BCUT2D eigenvalue weighted by Crippen LogP contribution is 2.29. The first-order valence-corrected chi connectivity index (χ1v) is 10.5. The number of hydrogen-bond donors (Lipinski definition) is 0. The smallest absolute Gasteiger partial charge is 0.256 e. The van der Waals surface area contributed by atoms with Crippen molar-refractivity contribution < 1.29 is 9.53 Å². The van der Waals surface area contributed by atoms with Crippen molar-refractivity contribution in [2.24, 2.45) is 0 Å². The highest BCUT2D eigenvalue weighted by Gasteiger charge is 2.32. The van der Waals surface area contributed by atoms with Crippen molar-refractivity contribution in [2.45, 2.75) is 31.9 Å². The van der Waals surface area contributed by atoms with Crippen LogP contribution in [-0.4, -0.2) is 49.2 Å². The van der Waals surface area contributed by atoms with Gasteiger partial charge in [-0.25, -0.2) is 9.67 Å². The number of carbonyl (C=O) groups is 1. The van der Waals surface area contributed by atoms with Crippen LogP contribution in [-0.2, 0) is 0 Å². The average Bonchev–Trinajstić information content (AvgIpc) is 3.35. The van der Waals surface area contributed by atoms with Crippen molar-refractivity contribution in [3.05, 3.63) is 79.0 Å². The summed E-state index contributed by atoms with van der Waals surface area (Å²) in [5.74, 6) is 0.784. The van der Waals surface area contributed by atoms with E-state index in [9.17, 15) is 4.79 Å². The number of likely N-dealkylation sites (tertiary alicyclic amines) is 1. The molecule has 2 unspecified atom stereocenters. The van der Waals surface area contributed by atoms with E-state index in [0.29, 0.717) is 12.1 Å². The summed E-state index contributed by atoms with van der Waals surface area (Å²) in [4.78, 5) is 23.9. The summed E-state index contributed by atoms with van der Waals surface area (Å²) < 4.78 is 8.00. The van der Waals surface area contributed by atoms with Crippen molar-refractivity contribution >= 4 is 16.8 Å². The molecule has 0 N–H and O–H groups in total. The Morgan fingerprint density at radius 1 is 1.06 bits per heavy atom. The summed E-state index contributed by atoms with van der Waals surface area (Å²) in [5.41, 5.74) is 2.23. The third-order valence-corrected chi connectivity index (χ3v) is 5.80. The molecule has 0 spiro atoms. The van der Waals surface area contributed by atoms with Gasteiger partial charge in [-0.15, -0.1) is 0 Å². The SMILES string of the molecule is CC1CCC(Oc2cccc3ncccc23)CN1C(=O)c1ccccc1-n1cncn1. The van der Waals surface area contributed by atoms with Crippen LogP contribution in [0.3, 0.4) is 0 Å². The first kappa shape index (κ1) is 19.2. The van der Waals surface area contributed by atoms with Gasteiger partial charge in [0.2, 0.25) is 0 Å². The number of ether oxygens (including phenoxy) is 1. The second kappa shape index (κ2) is 8.18. The highest BCUT2D eigenvalue weighted by atomic mass is 16.5. The van der Waals surface area contributed by atoms with Gasteiger partial charge in [-0.2, -0.15) is 5.10 Å². The molecule has 1 fully saturated rings. The number of piperidine rings is 1. The summed E-state index contributed by atoms with van der Waals surface area (Å²) >= 11 is 0. The molecule has 7 nitrogen and oxygen atoms in total. The maximum atomic E-state index is 13.5. The minimum Gasteiger partial charge on any atom is -0.488 e. The van der Waals surface area contributed by atoms with Crippen molar-refractivity contribution in [1.82, 2.24) is 24.6 Å². The molecule has 4 aromatic rings. The van der Waals surface area contributed by atoms with Crippen molar-refractivity contribution in [1.29, 1.82) is 0 Å². The average molecular weight is 413 g/mol. The van der Waals surface area contributed by atoms with Crippen LogP contribution in [0.2, 0.25) is 0 Å². The highest BCUT2D eigenvalue weighted by molar-refractivity contribution is 5.98. The van der Waals surface area contributed by atoms with E-state index in [1.165, 1.54) is 6.33 Å². The molecule has 2 atom stereocenters. The Bertz CT molecular complexity index is 1200. The molecule has 1 aliphatic rings. The van der Waals surface area contributed by atoms with E-state index in [0.717, 1.165) is 35.2 Å². The first-order chi connectivity index (χ1) is 15.2. The Hall–Kier alpha value is -3.74. The molecule has 2 aromatic carbocycles. The van der Waals surface area contributed by atoms with Gasteiger partial charge in [-0.3, -0.25) is 9.78 Å². The number of fused-ring (bicyclic) bond motifs is 1. The van der Waals surface area contributed by atoms with Crippen LogP contribution in [0, 0.1) is 0 Å². The number of para-hydroxylation sites is 1. The van der Waals surface area contributed by atoms with Gasteiger partial charge in [0, 0.05) is 17.6 Å². The largest absolute Gasteiger partial charge is 0.488 e. The maximum Gasteiger partial charge on any atom is 0.256 e. The molecule has 7 heteroatoms. The number of aromatic nitrogens is 4. The van der Waals surface area contributed by atoms with E-state index >= 15 is 0 Å². The van der Waals surface area contributed by atoms with Gasteiger partial charge in [-0.1, -0.05) is 18.2 Å². The predicted molar refractivity (Wildman–Crippen MR) is 117 cm³/mol. The zero-order chi connectivity index (χ0) is 21.2. The van der Waals surface area contributed by atoms with Crippen molar-refractivity contribution in [2.75, 3.05) is 6.54 Å². The van der Waals surface area contributed by atoms with Crippen LogP contribution in [0.25, 0.3) is 16.6 Å². The first-order valence-electron chi connectivity index (χ1n) is 10.5. The fraction of sp³-hybridized carbons (Fsp3) is 0.250. The van der Waals surface area contributed by atoms with Gasteiger partial charge < -0.3 is 9.64 Å². The number of rotatable bonds is 4. The minimum atomic E-state index is -0.0792. The van der Waals surface area contributed by atoms with E-state index in [1.807, 2.05) is 59.5 Å². The number of nitrogens with zero attached hydrogens (tertiary/aromatic N) is 5. The van der Waals surface area contributed by atoms with Crippen LogP contribution in [0.1, 0.15) is 30.1 Å². The summed E-state index contributed by atoms with van der Waals surface area (Å²) in [6, 6.07) is 17.4. The zero-order valence-electron chi connectivity index (χ0n) is 17.3. The topological polar surface area (TPSA) is 73.1 Å². The van der Waals surface area contributed by atoms with E-state index in [4.69, 9.17) is 4.74 Å². The van der Waals surface area contributed by atoms with Crippen LogP contribution in [0.15, 0.2) is 73.4 Å². The normalized spacial score (nSPS) is 18.8. The number of hydrogen-bond acceptors (Lipinski definition) is 5. The maximum absolute atomic E-state index is 13.5. The second-order valence-electron chi connectivity index (χ2n) is 7.81. The molecule has 31 heavy (non-hydrogen) atoms. The summed E-state index contributed by atoms with van der Waals surface area (Å²) in [6.07, 6.45) is 6.54. The van der Waals surface area contributed by atoms with Crippen LogP contribution in [0.5, 0.6) is 5.75 Å². The van der Waals surface area contributed by atoms with E-state index in [-0.39, 0.29) is 18.1 Å². The van der Waals surface area contributed by atoms with E-state index in [2.05, 4.69) is 22.0 Å². The second-order valence-corrected chi connectivity index (χ2v) is 7.81. The lowest BCUT2D eigenvalue weighted by Crippen LogP contribution is -2.49. The fourth-order valence-corrected chi connectivity index (χ4v) is 4.15. The molecule has 1 saturated heterocycles. The molecular weight excluding hydrogens is 390 g/mol. The molecule has 0 radical (unpaired) electrons. The molecule has 2 aromatic heterocycles. The lowest BCUT2D eigenvalue weighted by atomic mass is 9.99. The molecule has 0 aliphatic carbocycles. The van der Waals surface area contributed by atoms with Crippen molar-refractivity contribution in [3.8, 4) is 11.4 Å². The van der Waals surface area contributed by atoms with Crippen LogP contribution >= 0.6 is 0 Å². The van der Waals surface area contributed by atoms with E-state index < -0.39 is 0 Å². The van der Waals surface area contributed by atoms with Crippen molar-refractivity contribution in [3.63, 3.8) is 0 Å². The molecule has 5 rings (SSSR count). The Labute approximate surface area is 180 Å². The van der Waals surface area contributed by atoms with Gasteiger partial charge in [-0.05, 0) is 56.2 Å². The van der Waals surface area contributed by atoms with Crippen LogP contribution < -0.4 is 4.74 Å². The van der Waals surface area contributed by atoms with Gasteiger partial charge in [0.1, 0.15) is 24.5 Å².